The van der Waals surface area contributed by atoms with Crippen molar-refractivity contribution in [3.63, 3.8) is 0 Å². The van der Waals surface area contributed by atoms with Crippen LogP contribution in [0.5, 0.6) is 0 Å². The first-order chi connectivity index (χ1) is 10.3. The number of halogens is 1. The highest BCUT2D eigenvalue weighted by Crippen LogP contribution is 2.14. The van der Waals surface area contributed by atoms with Crippen molar-refractivity contribution in [2.45, 2.75) is 0 Å². The number of carbonyl (C=O) groups is 1. The fourth-order valence-corrected chi connectivity index (χ4v) is 2.54. The Balaban J connectivity index is 1.66. The van der Waals surface area contributed by atoms with E-state index in [1.807, 2.05) is 24.4 Å². The van der Waals surface area contributed by atoms with E-state index in [0.717, 1.165) is 18.9 Å². The maximum absolute atomic E-state index is 13.7. The van der Waals surface area contributed by atoms with Crippen LogP contribution in [0.25, 0.3) is 0 Å². The maximum atomic E-state index is 13.7. The monoisotopic (exact) mass is 286 g/mol. The van der Waals surface area contributed by atoms with Crippen LogP contribution >= 0.6 is 0 Å². The van der Waals surface area contributed by atoms with Gasteiger partial charge in [-0.25, -0.2) is 9.37 Å². The number of carbonyl (C=O) groups excluding carboxylic acids is 1. The Labute approximate surface area is 122 Å². The Hall–Kier alpha value is -2.43. The number of amides is 1. The van der Waals surface area contributed by atoms with Crippen molar-refractivity contribution >= 4 is 11.7 Å². The quantitative estimate of drug-likeness (QED) is 0.841. The molecule has 3 rings (SSSR count). The number of rotatable bonds is 2. The third-order valence-electron chi connectivity index (χ3n) is 3.70. The zero-order valence-electron chi connectivity index (χ0n) is 11.6. The number of nitrogens with one attached hydrogen (secondary N) is 1. The van der Waals surface area contributed by atoms with Crippen LogP contribution in [0.15, 0.2) is 48.7 Å². The molecule has 0 spiro atoms. The number of aromatic nitrogens is 1. The van der Waals surface area contributed by atoms with Gasteiger partial charge in [0, 0.05) is 6.07 Å². The topological polar surface area (TPSA) is 37.7 Å². The number of piperazine rings is 1. The molecule has 2 heterocycles. The molecule has 5 heteroatoms. The van der Waals surface area contributed by atoms with Gasteiger partial charge in [-0.2, -0.15) is 0 Å². The molecule has 4 nitrogen and oxygen atoms in total. The largest absolute Gasteiger partial charge is 0.331 e. The Morgan fingerprint density at radius 1 is 1.00 bits per heavy atom. The second-order valence-corrected chi connectivity index (χ2v) is 5.01. The van der Waals surface area contributed by atoms with Crippen molar-refractivity contribution in [1.82, 2.24) is 4.90 Å². The summed E-state index contributed by atoms with van der Waals surface area (Å²) in [6.07, 6.45) is 1.88. The van der Waals surface area contributed by atoms with Gasteiger partial charge in [-0.15, -0.1) is 0 Å². The zero-order valence-corrected chi connectivity index (χ0v) is 11.6. The van der Waals surface area contributed by atoms with Crippen LogP contribution in [0, 0.1) is 5.82 Å². The molecule has 0 bridgehead atoms. The summed E-state index contributed by atoms with van der Waals surface area (Å²) >= 11 is 0. The van der Waals surface area contributed by atoms with Crippen molar-refractivity contribution in [3.05, 3.63) is 60.0 Å². The summed E-state index contributed by atoms with van der Waals surface area (Å²) in [7, 11) is 0. The number of nitrogens with zero attached hydrogens (tertiary/aromatic N) is 2. The third-order valence-corrected chi connectivity index (χ3v) is 3.70. The lowest BCUT2D eigenvalue weighted by molar-refractivity contribution is -0.364. The summed E-state index contributed by atoms with van der Waals surface area (Å²) in [6.45, 7) is 2.66. The molecule has 0 unspecified atom stereocenters. The lowest BCUT2D eigenvalue weighted by Crippen LogP contribution is -2.50. The molecule has 1 N–H and O–H groups in total. The molecular weight excluding hydrogens is 269 g/mol. The third kappa shape index (κ3) is 2.86. The maximum Gasteiger partial charge on any atom is 0.274 e. The molecule has 1 aromatic carbocycles. The second-order valence-electron chi connectivity index (χ2n) is 5.01. The predicted octanol–water partition coefficient (Wildman–Crippen LogP) is 1.60. The van der Waals surface area contributed by atoms with Crippen LogP contribution < -0.4 is 9.88 Å². The van der Waals surface area contributed by atoms with Crippen molar-refractivity contribution < 1.29 is 14.2 Å². The summed E-state index contributed by atoms with van der Waals surface area (Å²) in [5.41, 5.74) is 0.150. The first-order valence-electron chi connectivity index (χ1n) is 7.01. The standard InChI is InChI=1S/C16H16FN3O/c17-14-6-2-1-5-13(14)16(21)20-11-9-19(10-12-20)15-7-3-4-8-18-15/h1-8H,9-12H2/p+1. The fraction of sp³-hybridized carbons (Fsp3) is 0.250. The fourth-order valence-electron chi connectivity index (χ4n) is 2.54. The minimum atomic E-state index is -0.457. The Bertz CT molecular complexity index is 624. The van der Waals surface area contributed by atoms with Gasteiger partial charge in [0.15, 0.2) is 0 Å². The van der Waals surface area contributed by atoms with Crippen LogP contribution in [0.3, 0.4) is 0 Å². The number of hydrogen-bond donors (Lipinski definition) is 0. The molecule has 2 aromatic rings. The number of pyridine rings is 1. The van der Waals surface area contributed by atoms with E-state index < -0.39 is 5.82 Å². The van der Waals surface area contributed by atoms with Gasteiger partial charge in [-0.1, -0.05) is 18.2 Å². The number of benzene rings is 1. The molecule has 108 valence electrons. The Morgan fingerprint density at radius 3 is 2.38 bits per heavy atom. The minimum absolute atomic E-state index is 0.150. The summed E-state index contributed by atoms with van der Waals surface area (Å²) in [5.74, 6) is 0.349. The van der Waals surface area contributed by atoms with Gasteiger partial charge in [0.2, 0.25) is 0 Å². The lowest BCUT2D eigenvalue weighted by Gasteiger charge is -2.31. The predicted molar refractivity (Wildman–Crippen MR) is 77.5 cm³/mol. The zero-order chi connectivity index (χ0) is 14.7. The Morgan fingerprint density at radius 2 is 1.71 bits per heavy atom. The van der Waals surface area contributed by atoms with Crippen LogP contribution in [0.1, 0.15) is 10.4 Å². The van der Waals surface area contributed by atoms with Crippen LogP contribution in [0.2, 0.25) is 0 Å². The molecule has 0 saturated carbocycles. The normalized spacial score (nSPS) is 15.1. The highest BCUT2D eigenvalue weighted by atomic mass is 19.1. The van der Waals surface area contributed by atoms with E-state index >= 15 is 0 Å². The van der Waals surface area contributed by atoms with Crippen LogP contribution in [-0.4, -0.2) is 37.0 Å². The molecule has 1 amide bonds. The molecular formula is C16H17FN3O+. The number of H-pyrrole nitrogens is 1. The van der Waals surface area contributed by atoms with E-state index in [0.29, 0.717) is 13.1 Å². The number of aromatic amines is 1. The van der Waals surface area contributed by atoms with Gasteiger partial charge >= 0.3 is 0 Å². The van der Waals surface area contributed by atoms with Crippen LogP contribution in [-0.2, 0) is 0 Å². The minimum Gasteiger partial charge on any atom is -0.331 e. The van der Waals surface area contributed by atoms with Crippen LogP contribution in [0.4, 0.5) is 10.2 Å². The molecule has 1 fully saturated rings. The summed E-state index contributed by atoms with van der Waals surface area (Å²) in [5, 5.41) is 0. The van der Waals surface area contributed by atoms with Gasteiger partial charge in [0.1, 0.15) is 18.9 Å². The van der Waals surface area contributed by atoms with Gasteiger partial charge in [-0.05, 0) is 18.2 Å². The highest BCUT2D eigenvalue weighted by molar-refractivity contribution is 5.94. The van der Waals surface area contributed by atoms with Gasteiger partial charge < -0.3 is 4.90 Å². The molecule has 0 aliphatic carbocycles. The summed E-state index contributed by atoms with van der Waals surface area (Å²) < 4.78 is 13.7. The van der Waals surface area contributed by atoms with Gasteiger partial charge in [0.05, 0.1) is 24.8 Å². The second kappa shape index (κ2) is 5.91. The van der Waals surface area contributed by atoms with Gasteiger partial charge in [0.25, 0.3) is 11.7 Å². The first kappa shape index (κ1) is 13.5. The molecule has 0 atom stereocenters. The molecule has 1 aliphatic heterocycles. The summed E-state index contributed by atoms with van der Waals surface area (Å²) in [4.78, 5) is 19.4. The molecule has 21 heavy (non-hydrogen) atoms. The molecule has 0 radical (unpaired) electrons. The van der Waals surface area contributed by atoms with Gasteiger partial charge in [-0.3, -0.25) is 9.69 Å². The van der Waals surface area contributed by atoms with E-state index in [9.17, 15) is 9.18 Å². The highest BCUT2D eigenvalue weighted by Gasteiger charge is 2.27. The van der Waals surface area contributed by atoms with Crippen molar-refractivity contribution in [3.8, 4) is 0 Å². The molecule has 1 aliphatic rings. The molecule has 1 saturated heterocycles. The molecule has 1 aromatic heterocycles. The van der Waals surface area contributed by atoms with E-state index in [1.165, 1.54) is 12.1 Å². The Kier molecular flexibility index (Phi) is 3.81. The smallest absolute Gasteiger partial charge is 0.274 e. The lowest BCUT2D eigenvalue weighted by atomic mass is 10.1. The van der Waals surface area contributed by atoms with Crippen molar-refractivity contribution in [1.29, 1.82) is 0 Å². The van der Waals surface area contributed by atoms with E-state index in [4.69, 9.17) is 0 Å². The van der Waals surface area contributed by atoms with E-state index in [-0.39, 0.29) is 11.5 Å². The average Bonchev–Trinajstić information content (AvgIpc) is 2.56. The SMILES string of the molecule is O=C(c1ccccc1F)N1CCN(c2cccc[nH+]2)CC1. The number of hydrogen-bond acceptors (Lipinski definition) is 2. The average molecular weight is 286 g/mol. The summed E-state index contributed by atoms with van der Waals surface area (Å²) in [6, 6.07) is 12.1. The first-order valence-corrected chi connectivity index (χ1v) is 7.01. The van der Waals surface area contributed by atoms with E-state index in [2.05, 4.69) is 9.88 Å². The van der Waals surface area contributed by atoms with Crippen molar-refractivity contribution in [2.75, 3.05) is 31.1 Å². The number of anilines is 1. The van der Waals surface area contributed by atoms with E-state index in [1.54, 1.807) is 17.0 Å². The van der Waals surface area contributed by atoms with Crippen molar-refractivity contribution in [2.24, 2.45) is 0 Å².